The van der Waals surface area contributed by atoms with Gasteiger partial charge < -0.3 is 14.9 Å². The molecule has 3 aromatic rings. The maximum atomic E-state index is 13.4. The number of hydrogen-bond acceptors (Lipinski definition) is 5. The minimum atomic E-state index is 0.0834. The highest BCUT2D eigenvalue weighted by Gasteiger charge is 2.24. The molecule has 3 heterocycles. The zero-order valence-electron chi connectivity index (χ0n) is 17.9. The second-order valence-corrected chi connectivity index (χ2v) is 8.44. The number of pyridine rings is 1. The van der Waals surface area contributed by atoms with Crippen LogP contribution in [0, 0.1) is 0 Å². The van der Waals surface area contributed by atoms with Crippen molar-refractivity contribution >= 4 is 22.5 Å². The van der Waals surface area contributed by atoms with Crippen LogP contribution in [0.1, 0.15) is 15.9 Å². The number of aliphatic hydroxyl groups is 1. The zero-order valence-corrected chi connectivity index (χ0v) is 17.9. The van der Waals surface area contributed by atoms with Gasteiger partial charge in [0.2, 0.25) is 0 Å². The van der Waals surface area contributed by atoms with E-state index >= 15 is 0 Å². The first kappa shape index (κ1) is 20.0. The number of aliphatic hydroxyl groups excluding tert-OH is 1. The SMILES string of the molecule is CN1CCc2cc(-c3ccc(C(=O)N4CCN(CCO)CC4)c4ccccc34)cnc21. The minimum absolute atomic E-state index is 0.0834. The molecule has 0 spiro atoms. The molecule has 31 heavy (non-hydrogen) atoms. The number of β-amino-alcohol motifs (C(OH)–C–C–N with tert-alkyl or cyclic N) is 1. The Morgan fingerprint density at radius 3 is 2.58 bits per heavy atom. The Morgan fingerprint density at radius 2 is 1.81 bits per heavy atom. The van der Waals surface area contributed by atoms with E-state index in [9.17, 15) is 4.79 Å². The topological polar surface area (TPSA) is 59.9 Å². The molecule has 0 bridgehead atoms. The number of hydrogen-bond donors (Lipinski definition) is 1. The number of nitrogens with zero attached hydrogens (tertiary/aromatic N) is 4. The first-order chi connectivity index (χ1) is 15.2. The fourth-order valence-electron chi connectivity index (χ4n) is 4.80. The van der Waals surface area contributed by atoms with Crippen LogP contribution in [0.4, 0.5) is 5.82 Å². The molecule has 160 valence electrons. The predicted octanol–water partition coefficient (Wildman–Crippen LogP) is 2.64. The Hall–Kier alpha value is -2.96. The third-order valence-corrected chi connectivity index (χ3v) is 6.56. The molecule has 0 aliphatic carbocycles. The quantitative estimate of drug-likeness (QED) is 0.709. The van der Waals surface area contributed by atoms with E-state index in [2.05, 4.69) is 35.0 Å². The van der Waals surface area contributed by atoms with Crippen molar-refractivity contribution in [2.75, 3.05) is 57.8 Å². The van der Waals surface area contributed by atoms with Gasteiger partial charge in [0.1, 0.15) is 5.82 Å². The van der Waals surface area contributed by atoms with E-state index in [1.54, 1.807) is 0 Å². The van der Waals surface area contributed by atoms with Crippen LogP contribution in [0.3, 0.4) is 0 Å². The summed E-state index contributed by atoms with van der Waals surface area (Å²) < 4.78 is 0. The third kappa shape index (κ3) is 3.66. The van der Waals surface area contributed by atoms with E-state index in [0.717, 1.165) is 59.3 Å². The fraction of sp³-hybridized carbons (Fsp3) is 0.360. The number of aromatic nitrogens is 1. The number of carbonyl (C=O) groups excluding carboxylic acids is 1. The van der Waals surface area contributed by atoms with Gasteiger partial charge >= 0.3 is 0 Å². The molecule has 0 atom stereocenters. The number of rotatable bonds is 4. The summed E-state index contributed by atoms with van der Waals surface area (Å²) in [7, 11) is 2.08. The standard InChI is InChI=1S/C25H28N4O2/c1-27-9-8-18-16-19(17-26-24(18)27)20-6-7-23(22-5-3-2-4-21(20)22)25(31)29-12-10-28(11-13-29)14-15-30/h2-7,16-17,30H,8-15H2,1H3. The molecule has 1 amide bonds. The van der Waals surface area contributed by atoms with Gasteiger partial charge in [-0.2, -0.15) is 0 Å². The van der Waals surface area contributed by atoms with Crippen LogP contribution in [-0.2, 0) is 6.42 Å². The van der Waals surface area contributed by atoms with Gasteiger partial charge in [-0.25, -0.2) is 4.98 Å². The summed E-state index contributed by atoms with van der Waals surface area (Å²) in [6, 6.07) is 14.5. The number of amides is 1. The van der Waals surface area contributed by atoms with Crippen LogP contribution in [0.2, 0.25) is 0 Å². The van der Waals surface area contributed by atoms with Gasteiger partial charge in [0.05, 0.1) is 6.61 Å². The van der Waals surface area contributed by atoms with Crippen molar-refractivity contribution in [1.29, 1.82) is 0 Å². The Kier molecular flexibility index (Phi) is 5.34. The molecule has 6 heteroatoms. The molecular formula is C25H28N4O2. The van der Waals surface area contributed by atoms with Crippen LogP contribution in [0.15, 0.2) is 48.7 Å². The molecule has 0 unspecified atom stereocenters. The summed E-state index contributed by atoms with van der Waals surface area (Å²) in [6.07, 6.45) is 2.97. The highest BCUT2D eigenvalue weighted by atomic mass is 16.3. The van der Waals surface area contributed by atoms with Gasteiger partial charge in [-0.3, -0.25) is 9.69 Å². The Bertz CT molecular complexity index is 1120. The maximum absolute atomic E-state index is 13.4. The molecule has 0 saturated carbocycles. The third-order valence-electron chi connectivity index (χ3n) is 6.56. The van der Waals surface area contributed by atoms with E-state index in [1.165, 1.54) is 5.56 Å². The zero-order chi connectivity index (χ0) is 21.4. The number of benzene rings is 2. The van der Waals surface area contributed by atoms with Gasteiger partial charge in [0, 0.05) is 63.6 Å². The lowest BCUT2D eigenvalue weighted by Gasteiger charge is -2.34. The van der Waals surface area contributed by atoms with Crippen molar-refractivity contribution in [3.8, 4) is 11.1 Å². The van der Waals surface area contributed by atoms with Crippen molar-refractivity contribution in [2.24, 2.45) is 0 Å². The second kappa shape index (κ2) is 8.29. The van der Waals surface area contributed by atoms with Gasteiger partial charge in [0.25, 0.3) is 5.91 Å². The normalized spacial score (nSPS) is 16.7. The van der Waals surface area contributed by atoms with Crippen molar-refractivity contribution < 1.29 is 9.90 Å². The summed E-state index contributed by atoms with van der Waals surface area (Å²) in [4.78, 5) is 24.4. The van der Waals surface area contributed by atoms with Crippen LogP contribution in [0.5, 0.6) is 0 Å². The molecule has 2 aliphatic rings. The molecule has 5 rings (SSSR count). The average Bonchev–Trinajstić information content (AvgIpc) is 3.18. The molecule has 2 aromatic carbocycles. The summed E-state index contributed by atoms with van der Waals surface area (Å²) in [5.41, 5.74) is 4.25. The van der Waals surface area contributed by atoms with Crippen LogP contribution >= 0.6 is 0 Å². The first-order valence-electron chi connectivity index (χ1n) is 11.0. The molecular weight excluding hydrogens is 388 g/mol. The van der Waals surface area contributed by atoms with Crippen molar-refractivity contribution in [3.63, 3.8) is 0 Å². The number of fused-ring (bicyclic) bond motifs is 2. The fourth-order valence-corrected chi connectivity index (χ4v) is 4.80. The van der Waals surface area contributed by atoms with E-state index < -0.39 is 0 Å². The second-order valence-electron chi connectivity index (χ2n) is 8.44. The smallest absolute Gasteiger partial charge is 0.254 e. The first-order valence-corrected chi connectivity index (χ1v) is 11.0. The average molecular weight is 417 g/mol. The highest BCUT2D eigenvalue weighted by molar-refractivity contribution is 6.11. The minimum Gasteiger partial charge on any atom is -0.395 e. The monoisotopic (exact) mass is 416 g/mol. The molecule has 1 aromatic heterocycles. The van der Waals surface area contributed by atoms with Crippen molar-refractivity contribution in [2.45, 2.75) is 6.42 Å². The van der Waals surface area contributed by atoms with Gasteiger partial charge in [0.15, 0.2) is 0 Å². The van der Waals surface area contributed by atoms with Crippen LogP contribution < -0.4 is 4.90 Å². The molecule has 6 nitrogen and oxygen atoms in total. The highest BCUT2D eigenvalue weighted by Crippen LogP contribution is 2.34. The van der Waals surface area contributed by atoms with Crippen LogP contribution in [-0.4, -0.2) is 78.7 Å². The van der Waals surface area contributed by atoms with E-state index in [4.69, 9.17) is 10.1 Å². The molecule has 1 fully saturated rings. The summed E-state index contributed by atoms with van der Waals surface area (Å²) in [6.45, 7) is 4.83. The molecule has 1 saturated heterocycles. The van der Waals surface area contributed by atoms with Crippen molar-refractivity contribution in [3.05, 3.63) is 59.8 Å². The predicted molar refractivity (Wildman–Crippen MR) is 124 cm³/mol. The molecule has 2 aliphatic heterocycles. The van der Waals surface area contributed by atoms with Crippen LogP contribution in [0.25, 0.3) is 21.9 Å². The number of likely N-dealkylation sites (N-methyl/N-ethyl adjacent to an activating group) is 1. The van der Waals surface area contributed by atoms with Gasteiger partial charge in [-0.1, -0.05) is 30.3 Å². The number of anilines is 1. The van der Waals surface area contributed by atoms with E-state index in [1.807, 2.05) is 35.4 Å². The lowest BCUT2D eigenvalue weighted by molar-refractivity contribution is 0.0617. The van der Waals surface area contributed by atoms with Gasteiger partial charge in [-0.15, -0.1) is 0 Å². The van der Waals surface area contributed by atoms with E-state index in [0.29, 0.717) is 19.6 Å². The Balaban J connectivity index is 1.48. The van der Waals surface area contributed by atoms with E-state index in [-0.39, 0.29) is 12.5 Å². The number of piperazine rings is 1. The summed E-state index contributed by atoms with van der Waals surface area (Å²) in [5, 5.41) is 11.2. The lowest BCUT2D eigenvalue weighted by atomic mass is 9.94. The Labute approximate surface area is 182 Å². The molecule has 1 N–H and O–H groups in total. The lowest BCUT2D eigenvalue weighted by Crippen LogP contribution is -2.49. The van der Waals surface area contributed by atoms with Gasteiger partial charge in [-0.05, 0) is 40.5 Å². The Morgan fingerprint density at radius 1 is 1.03 bits per heavy atom. The largest absolute Gasteiger partial charge is 0.395 e. The number of carbonyl (C=O) groups is 1. The summed E-state index contributed by atoms with van der Waals surface area (Å²) >= 11 is 0. The maximum Gasteiger partial charge on any atom is 0.254 e. The van der Waals surface area contributed by atoms with Crippen molar-refractivity contribution in [1.82, 2.24) is 14.8 Å². The molecule has 0 radical (unpaired) electrons. The summed E-state index contributed by atoms with van der Waals surface area (Å²) in [5.74, 6) is 1.15.